The van der Waals surface area contributed by atoms with Gasteiger partial charge in [0.2, 0.25) is 0 Å². The number of rotatable bonds is 3. The molecule has 1 saturated heterocycles. The second-order valence-electron chi connectivity index (χ2n) is 6.87. The molecule has 1 fully saturated rings. The molecule has 0 radical (unpaired) electrons. The van der Waals surface area contributed by atoms with Crippen molar-refractivity contribution >= 4 is 0 Å². The first-order valence-electron chi connectivity index (χ1n) is 6.72. The quantitative estimate of drug-likeness (QED) is 0.796. The van der Waals surface area contributed by atoms with Gasteiger partial charge in [-0.2, -0.15) is 0 Å². The molecule has 3 atom stereocenters. The van der Waals surface area contributed by atoms with Gasteiger partial charge in [-0.25, -0.2) is 0 Å². The van der Waals surface area contributed by atoms with E-state index in [0.29, 0.717) is 11.5 Å². The maximum Gasteiger partial charge on any atom is 0.0240 e. The number of nitrogens with zero attached hydrogens (tertiary/aromatic N) is 1. The maximum atomic E-state index is 3.48. The summed E-state index contributed by atoms with van der Waals surface area (Å²) in [5.74, 6) is 1.72. The molecule has 2 nitrogen and oxygen atoms in total. The zero-order valence-electron chi connectivity index (χ0n) is 12.0. The van der Waals surface area contributed by atoms with E-state index in [1.165, 1.54) is 26.1 Å². The van der Waals surface area contributed by atoms with Crippen LogP contribution in [0.1, 0.15) is 41.0 Å². The Morgan fingerprint density at radius 2 is 1.69 bits per heavy atom. The van der Waals surface area contributed by atoms with Crippen molar-refractivity contribution in [3.8, 4) is 0 Å². The van der Waals surface area contributed by atoms with E-state index in [4.69, 9.17) is 0 Å². The lowest BCUT2D eigenvalue weighted by Crippen LogP contribution is -2.50. The summed E-state index contributed by atoms with van der Waals surface area (Å²) < 4.78 is 0. The molecule has 96 valence electrons. The molecular formula is C14H30N2. The molecule has 1 rings (SSSR count). The Hall–Kier alpha value is -0.0800. The summed E-state index contributed by atoms with van der Waals surface area (Å²) in [6.45, 7) is 15.5. The van der Waals surface area contributed by atoms with Crippen LogP contribution in [-0.2, 0) is 0 Å². The van der Waals surface area contributed by atoms with Crippen molar-refractivity contribution in [2.24, 2.45) is 17.3 Å². The van der Waals surface area contributed by atoms with Gasteiger partial charge in [0.1, 0.15) is 0 Å². The Bertz CT molecular complexity index is 197. The molecule has 0 bridgehead atoms. The molecule has 0 spiro atoms. The van der Waals surface area contributed by atoms with Crippen LogP contribution in [0.4, 0.5) is 0 Å². The molecular weight excluding hydrogens is 196 g/mol. The topological polar surface area (TPSA) is 15.3 Å². The van der Waals surface area contributed by atoms with E-state index in [-0.39, 0.29) is 0 Å². The first-order chi connectivity index (χ1) is 7.32. The summed E-state index contributed by atoms with van der Waals surface area (Å²) in [7, 11) is 2.09. The van der Waals surface area contributed by atoms with Crippen LogP contribution < -0.4 is 5.32 Å². The lowest BCUT2D eigenvalue weighted by Gasteiger charge is -2.40. The molecule has 1 aliphatic heterocycles. The smallest absolute Gasteiger partial charge is 0.0240 e. The lowest BCUT2D eigenvalue weighted by atomic mass is 9.85. The van der Waals surface area contributed by atoms with Crippen molar-refractivity contribution in [2.45, 2.75) is 47.1 Å². The molecule has 0 saturated carbocycles. The zero-order valence-corrected chi connectivity index (χ0v) is 12.0. The molecule has 0 aromatic heterocycles. The van der Waals surface area contributed by atoms with Gasteiger partial charge in [-0.05, 0) is 30.7 Å². The second kappa shape index (κ2) is 5.50. The van der Waals surface area contributed by atoms with E-state index in [1.807, 2.05) is 0 Å². The van der Waals surface area contributed by atoms with Crippen LogP contribution in [0.25, 0.3) is 0 Å². The largest absolute Gasteiger partial charge is 0.315 e. The first-order valence-corrected chi connectivity index (χ1v) is 6.72. The molecule has 0 aromatic rings. The van der Waals surface area contributed by atoms with Crippen molar-refractivity contribution in [3.63, 3.8) is 0 Å². The standard InChI is InChI=1S/C14H30N2/c1-11-7-12(2)9-16(8-11)10-13(15-6)14(3,4)5/h11-13,15H,7-10H2,1-6H3. The Balaban J connectivity index is 2.51. The van der Waals surface area contributed by atoms with Gasteiger partial charge in [-0.1, -0.05) is 34.6 Å². The number of likely N-dealkylation sites (tertiary alicyclic amines) is 1. The third kappa shape index (κ3) is 4.06. The highest BCUT2D eigenvalue weighted by molar-refractivity contribution is 4.85. The summed E-state index contributed by atoms with van der Waals surface area (Å²) in [5, 5.41) is 3.48. The molecule has 0 aromatic carbocycles. The maximum absolute atomic E-state index is 3.48. The molecule has 1 aliphatic rings. The van der Waals surface area contributed by atoms with Gasteiger partial charge in [0.15, 0.2) is 0 Å². The highest BCUT2D eigenvalue weighted by Crippen LogP contribution is 2.24. The van der Waals surface area contributed by atoms with Gasteiger partial charge in [-0.3, -0.25) is 0 Å². The first kappa shape index (κ1) is 14.0. The molecule has 1 heterocycles. The van der Waals surface area contributed by atoms with Gasteiger partial charge >= 0.3 is 0 Å². The van der Waals surface area contributed by atoms with Gasteiger partial charge in [0.05, 0.1) is 0 Å². The molecule has 0 amide bonds. The van der Waals surface area contributed by atoms with Crippen molar-refractivity contribution in [1.82, 2.24) is 10.2 Å². The van der Waals surface area contributed by atoms with E-state index in [1.54, 1.807) is 0 Å². The molecule has 2 heteroatoms. The molecule has 0 aliphatic carbocycles. The lowest BCUT2D eigenvalue weighted by molar-refractivity contribution is 0.106. The fourth-order valence-electron chi connectivity index (χ4n) is 3.00. The number of hydrogen-bond acceptors (Lipinski definition) is 2. The van der Waals surface area contributed by atoms with Crippen LogP contribution in [-0.4, -0.2) is 37.6 Å². The average molecular weight is 226 g/mol. The predicted molar refractivity (Wildman–Crippen MR) is 71.7 cm³/mol. The molecule has 16 heavy (non-hydrogen) atoms. The monoisotopic (exact) mass is 226 g/mol. The third-order valence-corrected chi connectivity index (χ3v) is 3.78. The van der Waals surface area contributed by atoms with Gasteiger partial charge in [0, 0.05) is 25.7 Å². The van der Waals surface area contributed by atoms with Crippen LogP contribution >= 0.6 is 0 Å². The normalized spacial score (nSPS) is 30.4. The summed E-state index contributed by atoms with van der Waals surface area (Å²) in [6.07, 6.45) is 1.40. The van der Waals surface area contributed by atoms with E-state index < -0.39 is 0 Å². The average Bonchev–Trinajstić information content (AvgIpc) is 2.10. The van der Waals surface area contributed by atoms with Crippen LogP contribution in [0.15, 0.2) is 0 Å². The Morgan fingerprint density at radius 1 is 1.19 bits per heavy atom. The van der Waals surface area contributed by atoms with E-state index in [9.17, 15) is 0 Å². The molecule has 3 unspecified atom stereocenters. The Labute approximate surface area is 102 Å². The minimum Gasteiger partial charge on any atom is -0.315 e. The highest BCUT2D eigenvalue weighted by Gasteiger charge is 2.28. The van der Waals surface area contributed by atoms with Crippen molar-refractivity contribution in [1.29, 1.82) is 0 Å². The van der Waals surface area contributed by atoms with E-state index >= 15 is 0 Å². The van der Waals surface area contributed by atoms with Crippen LogP contribution in [0.5, 0.6) is 0 Å². The Kier molecular flexibility index (Phi) is 4.81. The summed E-state index contributed by atoms with van der Waals surface area (Å²) in [4.78, 5) is 2.64. The third-order valence-electron chi connectivity index (χ3n) is 3.78. The summed E-state index contributed by atoms with van der Waals surface area (Å²) in [6, 6.07) is 0.588. The van der Waals surface area contributed by atoms with Crippen molar-refractivity contribution < 1.29 is 0 Å². The fraction of sp³-hybridized carbons (Fsp3) is 1.00. The number of hydrogen-bond donors (Lipinski definition) is 1. The summed E-state index contributed by atoms with van der Waals surface area (Å²) >= 11 is 0. The number of piperidine rings is 1. The SMILES string of the molecule is CNC(CN1CC(C)CC(C)C1)C(C)(C)C. The minimum atomic E-state index is 0.346. The number of nitrogens with one attached hydrogen (secondary N) is 1. The second-order valence-corrected chi connectivity index (χ2v) is 6.87. The van der Waals surface area contributed by atoms with Gasteiger partial charge < -0.3 is 10.2 Å². The van der Waals surface area contributed by atoms with Crippen molar-refractivity contribution in [2.75, 3.05) is 26.7 Å². The van der Waals surface area contributed by atoms with Gasteiger partial charge in [-0.15, -0.1) is 0 Å². The van der Waals surface area contributed by atoms with Crippen LogP contribution in [0.2, 0.25) is 0 Å². The van der Waals surface area contributed by atoms with Crippen molar-refractivity contribution in [3.05, 3.63) is 0 Å². The fourth-order valence-corrected chi connectivity index (χ4v) is 3.00. The Morgan fingerprint density at radius 3 is 2.06 bits per heavy atom. The number of likely N-dealkylation sites (N-methyl/N-ethyl adjacent to an activating group) is 1. The summed E-state index contributed by atoms with van der Waals surface area (Å²) in [5.41, 5.74) is 0.346. The molecule has 1 N–H and O–H groups in total. The van der Waals surface area contributed by atoms with Crippen LogP contribution in [0, 0.1) is 17.3 Å². The zero-order chi connectivity index (χ0) is 12.3. The minimum absolute atomic E-state index is 0.346. The van der Waals surface area contributed by atoms with Gasteiger partial charge in [0.25, 0.3) is 0 Å². The predicted octanol–water partition coefficient (Wildman–Crippen LogP) is 2.60. The van der Waals surface area contributed by atoms with Crippen LogP contribution in [0.3, 0.4) is 0 Å². The van der Waals surface area contributed by atoms with E-state index in [0.717, 1.165) is 11.8 Å². The highest BCUT2D eigenvalue weighted by atomic mass is 15.2. The van der Waals surface area contributed by atoms with E-state index in [2.05, 4.69) is 51.9 Å².